The third-order valence-corrected chi connectivity index (χ3v) is 2.31. The molecule has 0 unspecified atom stereocenters. The Morgan fingerprint density at radius 3 is 2.59 bits per heavy atom. The molecule has 0 atom stereocenters. The van der Waals surface area contributed by atoms with Crippen LogP contribution in [-0.2, 0) is 13.0 Å². The molecule has 0 aliphatic rings. The maximum Gasteiger partial charge on any atom is 0.312 e. The van der Waals surface area contributed by atoms with E-state index < -0.39 is 0 Å². The van der Waals surface area contributed by atoms with Crippen molar-refractivity contribution >= 4 is 6.01 Å². The van der Waals surface area contributed by atoms with Crippen LogP contribution >= 0.6 is 0 Å². The summed E-state index contributed by atoms with van der Waals surface area (Å²) in [4.78, 5) is 0. The first-order valence-electron chi connectivity index (χ1n) is 5.57. The van der Waals surface area contributed by atoms with E-state index in [0.29, 0.717) is 5.89 Å². The number of anilines is 1. The summed E-state index contributed by atoms with van der Waals surface area (Å²) in [6.45, 7) is 2.39. The van der Waals surface area contributed by atoms with Crippen LogP contribution in [0.5, 0.6) is 5.75 Å². The van der Waals surface area contributed by atoms with E-state index in [4.69, 9.17) is 14.9 Å². The van der Waals surface area contributed by atoms with Crippen molar-refractivity contribution in [3.05, 3.63) is 35.7 Å². The molecule has 5 heteroatoms. The molecule has 0 spiro atoms. The van der Waals surface area contributed by atoms with Crippen molar-refractivity contribution in [2.45, 2.75) is 26.4 Å². The van der Waals surface area contributed by atoms with E-state index in [0.717, 1.165) is 18.6 Å². The van der Waals surface area contributed by atoms with Crippen molar-refractivity contribution in [2.24, 2.45) is 0 Å². The fourth-order valence-corrected chi connectivity index (χ4v) is 1.51. The molecule has 0 bridgehead atoms. The summed E-state index contributed by atoms with van der Waals surface area (Å²) in [6, 6.07) is 8.04. The van der Waals surface area contributed by atoms with Crippen molar-refractivity contribution in [3.8, 4) is 5.75 Å². The van der Waals surface area contributed by atoms with E-state index in [1.807, 2.05) is 12.1 Å². The summed E-state index contributed by atoms with van der Waals surface area (Å²) in [5.74, 6) is 1.15. The summed E-state index contributed by atoms with van der Waals surface area (Å²) in [5, 5.41) is 7.26. The van der Waals surface area contributed by atoms with Crippen molar-refractivity contribution in [1.29, 1.82) is 0 Å². The summed E-state index contributed by atoms with van der Waals surface area (Å²) >= 11 is 0. The van der Waals surface area contributed by atoms with Crippen LogP contribution in [0.4, 0.5) is 6.01 Å². The minimum absolute atomic E-state index is 0.0573. The first-order chi connectivity index (χ1) is 8.28. The number of aryl methyl sites for hydroxylation is 1. The van der Waals surface area contributed by atoms with Crippen molar-refractivity contribution in [2.75, 3.05) is 5.73 Å². The topological polar surface area (TPSA) is 74.2 Å². The first kappa shape index (κ1) is 11.4. The highest BCUT2D eigenvalue weighted by Gasteiger charge is 2.03. The predicted octanol–water partition coefficient (Wildman–Crippen LogP) is 2.18. The molecule has 0 saturated carbocycles. The van der Waals surface area contributed by atoms with Gasteiger partial charge in [0.25, 0.3) is 5.89 Å². The van der Waals surface area contributed by atoms with Gasteiger partial charge in [-0.3, -0.25) is 0 Å². The minimum Gasteiger partial charge on any atom is -0.484 e. The van der Waals surface area contributed by atoms with Gasteiger partial charge in [0.2, 0.25) is 0 Å². The molecule has 2 N–H and O–H groups in total. The Labute approximate surface area is 99.6 Å². The van der Waals surface area contributed by atoms with Gasteiger partial charge in [-0.1, -0.05) is 30.6 Å². The highest BCUT2D eigenvalue weighted by molar-refractivity contribution is 5.27. The summed E-state index contributed by atoms with van der Waals surface area (Å²) in [6.07, 6.45) is 2.22. The molecule has 1 aromatic heterocycles. The zero-order valence-corrected chi connectivity index (χ0v) is 9.72. The smallest absolute Gasteiger partial charge is 0.312 e. The number of aromatic nitrogens is 2. The number of hydrogen-bond donors (Lipinski definition) is 1. The number of hydrogen-bond acceptors (Lipinski definition) is 5. The molecule has 0 amide bonds. The molecule has 0 aliphatic carbocycles. The molecular weight excluding hydrogens is 218 g/mol. The molecule has 0 radical (unpaired) electrons. The third kappa shape index (κ3) is 3.21. The average molecular weight is 233 g/mol. The standard InChI is InChI=1S/C12H15N3O2/c1-2-3-9-4-6-10(7-5-9)16-8-11-14-15-12(13)17-11/h4-7H,2-3,8H2,1H3,(H2,13,15). The molecule has 0 fully saturated rings. The number of nitrogen functional groups attached to an aromatic ring is 1. The summed E-state index contributed by atoms with van der Waals surface area (Å²) in [7, 11) is 0. The molecule has 1 aromatic carbocycles. The second-order valence-electron chi connectivity index (χ2n) is 3.72. The fraction of sp³-hybridized carbons (Fsp3) is 0.333. The first-order valence-corrected chi connectivity index (χ1v) is 5.57. The Bertz CT molecular complexity index is 465. The molecule has 5 nitrogen and oxygen atoms in total. The number of nitrogens with zero attached hydrogens (tertiary/aromatic N) is 2. The molecule has 2 aromatic rings. The number of benzene rings is 1. The molecule has 0 aliphatic heterocycles. The Kier molecular flexibility index (Phi) is 3.59. The van der Waals surface area contributed by atoms with Crippen LogP contribution in [0.25, 0.3) is 0 Å². The molecule has 90 valence electrons. The van der Waals surface area contributed by atoms with Crippen molar-refractivity contribution < 1.29 is 9.15 Å². The van der Waals surface area contributed by atoms with Gasteiger partial charge in [-0.25, -0.2) is 0 Å². The van der Waals surface area contributed by atoms with E-state index in [-0.39, 0.29) is 12.6 Å². The monoisotopic (exact) mass is 233 g/mol. The van der Waals surface area contributed by atoms with Gasteiger partial charge >= 0.3 is 6.01 Å². The highest BCUT2D eigenvalue weighted by Crippen LogP contribution is 2.15. The van der Waals surface area contributed by atoms with Gasteiger partial charge in [-0.2, -0.15) is 0 Å². The molecule has 0 saturated heterocycles. The predicted molar refractivity (Wildman–Crippen MR) is 63.5 cm³/mol. The average Bonchev–Trinajstić information content (AvgIpc) is 2.75. The number of rotatable bonds is 5. The highest BCUT2D eigenvalue weighted by atomic mass is 16.5. The molecule has 2 rings (SSSR count). The normalized spacial score (nSPS) is 10.4. The van der Waals surface area contributed by atoms with Gasteiger partial charge in [0.1, 0.15) is 5.75 Å². The largest absolute Gasteiger partial charge is 0.484 e. The molecule has 1 heterocycles. The lowest BCUT2D eigenvalue weighted by Crippen LogP contribution is -1.95. The van der Waals surface area contributed by atoms with Gasteiger partial charge < -0.3 is 14.9 Å². The van der Waals surface area contributed by atoms with Crippen LogP contribution in [0.3, 0.4) is 0 Å². The second kappa shape index (κ2) is 5.34. The van der Waals surface area contributed by atoms with Crippen LogP contribution in [-0.4, -0.2) is 10.2 Å². The molecule has 17 heavy (non-hydrogen) atoms. The second-order valence-corrected chi connectivity index (χ2v) is 3.72. The van der Waals surface area contributed by atoms with Gasteiger partial charge in [0.05, 0.1) is 0 Å². The maximum absolute atomic E-state index is 5.49. The van der Waals surface area contributed by atoms with Crippen LogP contribution in [0.15, 0.2) is 28.7 Å². The quantitative estimate of drug-likeness (QED) is 0.856. The maximum atomic E-state index is 5.49. The van der Waals surface area contributed by atoms with Crippen LogP contribution < -0.4 is 10.5 Å². The number of ether oxygens (including phenoxy) is 1. The zero-order chi connectivity index (χ0) is 12.1. The SMILES string of the molecule is CCCc1ccc(OCc2nnc(N)o2)cc1. The van der Waals surface area contributed by atoms with E-state index in [1.54, 1.807) is 0 Å². The van der Waals surface area contributed by atoms with E-state index in [2.05, 4.69) is 29.3 Å². The van der Waals surface area contributed by atoms with E-state index in [9.17, 15) is 0 Å². The Morgan fingerprint density at radius 2 is 2.00 bits per heavy atom. The van der Waals surface area contributed by atoms with E-state index in [1.165, 1.54) is 5.56 Å². The number of nitrogens with two attached hydrogens (primary N) is 1. The lowest BCUT2D eigenvalue weighted by Gasteiger charge is -2.04. The lowest BCUT2D eigenvalue weighted by atomic mass is 10.1. The minimum atomic E-state index is 0.0573. The van der Waals surface area contributed by atoms with Gasteiger partial charge in [0, 0.05) is 0 Å². The van der Waals surface area contributed by atoms with E-state index >= 15 is 0 Å². The third-order valence-electron chi connectivity index (χ3n) is 2.31. The van der Waals surface area contributed by atoms with Crippen LogP contribution in [0.2, 0.25) is 0 Å². The lowest BCUT2D eigenvalue weighted by molar-refractivity contribution is 0.265. The zero-order valence-electron chi connectivity index (χ0n) is 9.72. The summed E-state index contributed by atoms with van der Waals surface area (Å²) < 4.78 is 10.5. The Balaban J connectivity index is 1.90. The Morgan fingerprint density at radius 1 is 1.24 bits per heavy atom. The van der Waals surface area contributed by atoms with Crippen molar-refractivity contribution in [1.82, 2.24) is 10.2 Å². The van der Waals surface area contributed by atoms with Crippen LogP contribution in [0, 0.1) is 0 Å². The van der Waals surface area contributed by atoms with Gasteiger partial charge in [0.15, 0.2) is 6.61 Å². The van der Waals surface area contributed by atoms with Gasteiger partial charge in [-0.05, 0) is 24.1 Å². The fourth-order valence-electron chi connectivity index (χ4n) is 1.51. The van der Waals surface area contributed by atoms with Gasteiger partial charge in [-0.15, -0.1) is 5.10 Å². The molecular formula is C12H15N3O2. The van der Waals surface area contributed by atoms with Crippen LogP contribution in [0.1, 0.15) is 24.8 Å². The van der Waals surface area contributed by atoms with Crippen molar-refractivity contribution in [3.63, 3.8) is 0 Å². The Hall–Kier alpha value is -2.04. The summed E-state index contributed by atoms with van der Waals surface area (Å²) in [5.41, 5.74) is 6.61.